The van der Waals surface area contributed by atoms with Gasteiger partial charge in [0, 0.05) is 0 Å². The lowest BCUT2D eigenvalue weighted by Gasteiger charge is -2.03. The molecule has 1 rings (SSSR count). The Morgan fingerprint density at radius 2 is 1.87 bits per heavy atom. The zero-order valence-electron chi connectivity index (χ0n) is 15.0. The number of benzene rings is 1. The molecule has 2 N–H and O–H groups in total. The van der Waals surface area contributed by atoms with Crippen LogP contribution in [0, 0.1) is 0 Å². The molecule has 0 amide bonds. The maximum absolute atomic E-state index is 9.25. The van der Waals surface area contributed by atoms with E-state index in [0.29, 0.717) is 5.75 Å². The van der Waals surface area contributed by atoms with Gasteiger partial charge in [0.25, 0.3) is 0 Å². The van der Waals surface area contributed by atoms with Gasteiger partial charge in [0.2, 0.25) is 0 Å². The summed E-state index contributed by atoms with van der Waals surface area (Å²) >= 11 is 0. The van der Waals surface area contributed by atoms with Crippen LogP contribution in [0.4, 0.5) is 0 Å². The van der Waals surface area contributed by atoms with Crippen molar-refractivity contribution in [3.8, 4) is 11.5 Å². The van der Waals surface area contributed by atoms with Gasteiger partial charge in [-0.05, 0) is 58.2 Å². The lowest BCUT2D eigenvalue weighted by Crippen LogP contribution is -1.83. The molecule has 0 unspecified atom stereocenters. The summed E-state index contributed by atoms with van der Waals surface area (Å²) < 4.78 is 4.95. The molecular weight excluding hydrogens is 288 g/mol. The molecule has 1 aromatic rings. The molecule has 0 bridgehead atoms. The lowest BCUT2D eigenvalue weighted by molar-refractivity contribution is 0.341. The molecule has 0 atom stereocenters. The molecule has 0 saturated heterocycles. The quantitative estimate of drug-likeness (QED) is 0.717. The highest BCUT2D eigenvalue weighted by Crippen LogP contribution is 2.26. The standard InChI is InChI=1S/C10H12O2.C10H18O/c1-3-4-8-5-6-9(11)10(7-8)12-2;1-9(2)5-4-6-10(3)7-8-11/h3-7,11H,1-2H3;5,7,11H,4,6,8H2,1-3H3/b4-3+;10-7+. The number of aliphatic hydroxyl groups excluding tert-OH is 1. The third kappa shape index (κ3) is 10.4. The first-order chi connectivity index (χ1) is 10.9. The van der Waals surface area contributed by atoms with Gasteiger partial charge in [0.05, 0.1) is 13.7 Å². The molecule has 0 heterocycles. The summed E-state index contributed by atoms with van der Waals surface area (Å²) in [5, 5.41) is 17.8. The molecule has 0 radical (unpaired) electrons. The molecule has 23 heavy (non-hydrogen) atoms. The predicted octanol–water partition coefficient (Wildman–Crippen LogP) is 5.11. The fourth-order valence-corrected chi connectivity index (χ4v) is 1.84. The van der Waals surface area contributed by atoms with Gasteiger partial charge in [0.15, 0.2) is 11.5 Å². The van der Waals surface area contributed by atoms with Gasteiger partial charge in [-0.3, -0.25) is 0 Å². The molecule has 0 spiro atoms. The number of hydrogen-bond acceptors (Lipinski definition) is 3. The number of phenolic OH excluding ortho intramolecular Hbond substituents is 1. The summed E-state index contributed by atoms with van der Waals surface area (Å²) in [7, 11) is 1.54. The van der Waals surface area contributed by atoms with Gasteiger partial charge in [-0.25, -0.2) is 0 Å². The van der Waals surface area contributed by atoms with E-state index < -0.39 is 0 Å². The van der Waals surface area contributed by atoms with Gasteiger partial charge in [-0.15, -0.1) is 0 Å². The van der Waals surface area contributed by atoms with E-state index in [4.69, 9.17) is 9.84 Å². The summed E-state index contributed by atoms with van der Waals surface area (Å²) in [6.45, 7) is 8.37. The fraction of sp³-hybridized carbons (Fsp3) is 0.400. The van der Waals surface area contributed by atoms with E-state index >= 15 is 0 Å². The Hall–Kier alpha value is -2.00. The Balaban J connectivity index is 0.000000423. The minimum atomic E-state index is 0.167. The van der Waals surface area contributed by atoms with E-state index in [2.05, 4.69) is 26.8 Å². The molecule has 0 aliphatic rings. The highest BCUT2D eigenvalue weighted by atomic mass is 16.5. The normalized spacial score (nSPS) is 11.0. The second-order valence-corrected chi connectivity index (χ2v) is 5.48. The monoisotopic (exact) mass is 318 g/mol. The molecule has 0 aliphatic heterocycles. The number of ether oxygens (including phenoxy) is 1. The Morgan fingerprint density at radius 1 is 1.17 bits per heavy atom. The van der Waals surface area contributed by atoms with Gasteiger partial charge < -0.3 is 14.9 Å². The molecular formula is C20H30O3. The number of aliphatic hydroxyl groups is 1. The molecule has 0 aromatic heterocycles. The first-order valence-electron chi connectivity index (χ1n) is 7.84. The predicted molar refractivity (Wildman–Crippen MR) is 98.9 cm³/mol. The summed E-state index contributed by atoms with van der Waals surface area (Å²) in [4.78, 5) is 0. The van der Waals surface area contributed by atoms with Gasteiger partial charge in [-0.1, -0.05) is 41.5 Å². The number of hydrogen-bond donors (Lipinski definition) is 2. The van der Waals surface area contributed by atoms with Crippen molar-refractivity contribution in [1.29, 1.82) is 0 Å². The maximum atomic E-state index is 9.25. The topological polar surface area (TPSA) is 49.7 Å². The first-order valence-corrected chi connectivity index (χ1v) is 7.84. The number of rotatable bonds is 6. The van der Waals surface area contributed by atoms with Crippen molar-refractivity contribution >= 4 is 6.08 Å². The minimum Gasteiger partial charge on any atom is -0.504 e. The van der Waals surface area contributed by atoms with Crippen molar-refractivity contribution in [2.75, 3.05) is 13.7 Å². The molecule has 3 heteroatoms. The van der Waals surface area contributed by atoms with Gasteiger partial charge in [-0.2, -0.15) is 0 Å². The largest absolute Gasteiger partial charge is 0.504 e. The smallest absolute Gasteiger partial charge is 0.161 e. The average Bonchev–Trinajstić information content (AvgIpc) is 2.50. The number of methoxy groups -OCH3 is 1. The Labute approximate surface area is 140 Å². The Bertz CT molecular complexity index is 536. The van der Waals surface area contributed by atoms with E-state index in [9.17, 15) is 5.11 Å². The van der Waals surface area contributed by atoms with Crippen LogP contribution >= 0.6 is 0 Å². The van der Waals surface area contributed by atoms with E-state index in [1.807, 2.05) is 31.2 Å². The van der Waals surface area contributed by atoms with Crippen LogP contribution in [-0.2, 0) is 0 Å². The first kappa shape index (κ1) is 21.0. The third-order valence-electron chi connectivity index (χ3n) is 3.09. The van der Waals surface area contributed by atoms with E-state index in [1.54, 1.807) is 12.1 Å². The Kier molecular flexibility index (Phi) is 11.4. The maximum Gasteiger partial charge on any atom is 0.161 e. The van der Waals surface area contributed by atoms with Gasteiger partial charge >= 0.3 is 0 Å². The summed E-state index contributed by atoms with van der Waals surface area (Å²) in [5.74, 6) is 0.677. The number of aromatic hydroxyl groups is 1. The number of phenols is 1. The lowest BCUT2D eigenvalue weighted by atomic mass is 10.1. The van der Waals surface area contributed by atoms with E-state index in [-0.39, 0.29) is 12.4 Å². The molecule has 0 aliphatic carbocycles. The fourth-order valence-electron chi connectivity index (χ4n) is 1.84. The van der Waals surface area contributed by atoms with E-state index in [0.717, 1.165) is 18.4 Å². The summed E-state index contributed by atoms with van der Waals surface area (Å²) in [6.07, 6.45) is 10.1. The average molecular weight is 318 g/mol. The highest BCUT2D eigenvalue weighted by Gasteiger charge is 1.99. The van der Waals surface area contributed by atoms with Crippen LogP contribution in [0.3, 0.4) is 0 Å². The summed E-state index contributed by atoms with van der Waals surface area (Å²) in [6, 6.07) is 5.24. The van der Waals surface area contributed by atoms with Crippen LogP contribution in [0.5, 0.6) is 11.5 Å². The van der Waals surface area contributed by atoms with Crippen LogP contribution in [-0.4, -0.2) is 23.9 Å². The van der Waals surface area contributed by atoms with Crippen LogP contribution in [0.25, 0.3) is 6.08 Å². The highest BCUT2D eigenvalue weighted by molar-refractivity contribution is 5.55. The molecule has 1 aromatic carbocycles. The van der Waals surface area contributed by atoms with Crippen molar-refractivity contribution in [3.05, 3.63) is 53.1 Å². The van der Waals surface area contributed by atoms with Crippen molar-refractivity contribution in [2.45, 2.75) is 40.5 Å². The van der Waals surface area contributed by atoms with Crippen molar-refractivity contribution in [2.24, 2.45) is 0 Å². The van der Waals surface area contributed by atoms with E-state index in [1.165, 1.54) is 18.3 Å². The minimum absolute atomic E-state index is 0.167. The zero-order chi connectivity index (χ0) is 17.7. The van der Waals surface area contributed by atoms with Crippen molar-refractivity contribution in [1.82, 2.24) is 0 Å². The Morgan fingerprint density at radius 3 is 2.39 bits per heavy atom. The van der Waals surface area contributed by atoms with Crippen molar-refractivity contribution < 1.29 is 14.9 Å². The van der Waals surface area contributed by atoms with Crippen LogP contribution in [0.1, 0.15) is 46.1 Å². The van der Waals surface area contributed by atoms with Crippen molar-refractivity contribution in [3.63, 3.8) is 0 Å². The third-order valence-corrected chi connectivity index (χ3v) is 3.09. The molecule has 0 saturated carbocycles. The van der Waals surface area contributed by atoms with Crippen LogP contribution in [0.15, 0.2) is 47.6 Å². The van der Waals surface area contributed by atoms with Crippen LogP contribution in [0.2, 0.25) is 0 Å². The van der Waals surface area contributed by atoms with Crippen LogP contribution < -0.4 is 4.74 Å². The SMILES string of the molecule is C/C=C/c1ccc(O)c(OC)c1.CC(C)=CCC/C(C)=C/CO. The second kappa shape index (κ2) is 12.5. The molecule has 0 fully saturated rings. The van der Waals surface area contributed by atoms with Gasteiger partial charge in [0.1, 0.15) is 0 Å². The molecule has 128 valence electrons. The second-order valence-electron chi connectivity index (χ2n) is 5.48. The number of allylic oxidation sites excluding steroid dienone is 4. The summed E-state index contributed by atoms with van der Waals surface area (Å²) in [5.41, 5.74) is 3.65. The molecule has 3 nitrogen and oxygen atoms in total. The zero-order valence-corrected chi connectivity index (χ0v) is 15.0.